The zero-order chi connectivity index (χ0) is 23.8. The molecule has 4 rings (SSSR count). The summed E-state index contributed by atoms with van der Waals surface area (Å²) in [5.41, 5.74) is 3.16. The minimum Gasteiger partial charge on any atom is -0.369 e. The molecule has 3 aromatic rings. The number of nitrogens with zero attached hydrogens (tertiary/aromatic N) is 3. The van der Waals surface area contributed by atoms with Crippen LogP contribution in [0.15, 0.2) is 51.9 Å². The summed E-state index contributed by atoms with van der Waals surface area (Å²) in [6, 6.07) is 11.3. The molecule has 33 heavy (non-hydrogen) atoms. The van der Waals surface area contributed by atoms with Gasteiger partial charge in [0.1, 0.15) is 5.82 Å². The lowest BCUT2D eigenvalue weighted by molar-refractivity contribution is -0.114. The average Bonchev–Trinajstić information content (AvgIpc) is 3.14. The molecule has 10 heteroatoms. The summed E-state index contributed by atoms with van der Waals surface area (Å²) in [5.74, 6) is -0.438. The molecule has 0 radical (unpaired) electrons. The molecular formula is C23H25FN4O4S. The summed E-state index contributed by atoms with van der Waals surface area (Å²) in [7, 11) is -3.76. The predicted molar refractivity (Wildman–Crippen MR) is 123 cm³/mol. The topological polar surface area (TPSA) is 95.8 Å². The van der Waals surface area contributed by atoms with Crippen LogP contribution in [-0.4, -0.2) is 50.0 Å². The van der Waals surface area contributed by atoms with Gasteiger partial charge in [0.15, 0.2) is 0 Å². The van der Waals surface area contributed by atoms with Crippen molar-refractivity contribution in [3.63, 3.8) is 0 Å². The van der Waals surface area contributed by atoms with Crippen LogP contribution >= 0.6 is 0 Å². The van der Waals surface area contributed by atoms with Crippen LogP contribution in [0.5, 0.6) is 0 Å². The molecule has 2 heterocycles. The first-order chi connectivity index (χ1) is 15.7. The molecule has 0 bridgehead atoms. The Hall–Kier alpha value is -3.24. The van der Waals surface area contributed by atoms with E-state index in [1.165, 1.54) is 23.4 Å². The second-order valence-corrected chi connectivity index (χ2v) is 9.91. The van der Waals surface area contributed by atoms with Crippen LogP contribution < -0.4 is 10.2 Å². The number of hydrogen-bond acceptors (Lipinski definition) is 6. The van der Waals surface area contributed by atoms with Crippen LogP contribution in [0.25, 0.3) is 11.1 Å². The fourth-order valence-corrected chi connectivity index (χ4v) is 5.64. The molecule has 1 aromatic heterocycles. The number of rotatable bonds is 5. The third-order valence-electron chi connectivity index (χ3n) is 5.68. The van der Waals surface area contributed by atoms with Gasteiger partial charge in [-0.15, -0.1) is 0 Å². The normalized spacial score (nSPS) is 15.0. The monoisotopic (exact) mass is 472 g/mol. The first kappa shape index (κ1) is 22.9. The smallest absolute Gasteiger partial charge is 0.243 e. The van der Waals surface area contributed by atoms with Crippen molar-refractivity contribution in [2.75, 3.05) is 36.4 Å². The first-order valence-electron chi connectivity index (χ1n) is 10.5. The van der Waals surface area contributed by atoms with Crippen LogP contribution in [0.4, 0.5) is 16.0 Å². The quantitative estimate of drug-likeness (QED) is 0.610. The van der Waals surface area contributed by atoms with Crippen LogP contribution in [0.2, 0.25) is 0 Å². The van der Waals surface area contributed by atoms with Crippen LogP contribution in [0.3, 0.4) is 0 Å². The van der Waals surface area contributed by atoms with E-state index in [1.54, 1.807) is 44.2 Å². The summed E-state index contributed by atoms with van der Waals surface area (Å²) in [4.78, 5) is 13.7. The van der Waals surface area contributed by atoms with Gasteiger partial charge in [-0.2, -0.15) is 4.31 Å². The summed E-state index contributed by atoms with van der Waals surface area (Å²) in [6.45, 7) is 6.47. The Morgan fingerprint density at radius 3 is 2.36 bits per heavy atom. The number of aromatic nitrogens is 1. The number of piperazine rings is 1. The van der Waals surface area contributed by atoms with Crippen molar-refractivity contribution in [3.8, 4) is 11.1 Å². The van der Waals surface area contributed by atoms with Gasteiger partial charge in [0.2, 0.25) is 21.8 Å². The summed E-state index contributed by atoms with van der Waals surface area (Å²) in [5, 5.41) is 6.51. The molecule has 1 N–H and O–H groups in total. The van der Waals surface area contributed by atoms with E-state index in [4.69, 9.17) is 4.52 Å². The zero-order valence-corrected chi connectivity index (χ0v) is 19.4. The molecule has 1 fully saturated rings. The Morgan fingerprint density at radius 2 is 1.73 bits per heavy atom. The number of halogens is 1. The standard InChI is InChI=1S/C23H25FN4O4S/c1-15-4-5-18(22-16(2)26-32-23(22)25-17(3)29)14-21(15)33(30,31)28-12-10-27(11-13-28)20-8-6-19(24)7-9-20/h4-9,14H,10-13H2,1-3H3,(H,25,29). The van der Waals surface area contributed by atoms with Gasteiger partial charge < -0.3 is 9.42 Å². The van der Waals surface area contributed by atoms with Crippen molar-refractivity contribution < 1.29 is 22.1 Å². The first-order valence-corrected chi connectivity index (χ1v) is 12.0. The van der Waals surface area contributed by atoms with E-state index in [1.807, 2.05) is 4.90 Å². The van der Waals surface area contributed by atoms with Crippen molar-refractivity contribution in [2.45, 2.75) is 25.7 Å². The highest BCUT2D eigenvalue weighted by Crippen LogP contribution is 2.34. The van der Waals surface area contributed by atoms with Crippen molar-refractivity contribution in [3.05, 3.63) is 59.5 Å². The van der Waals surface area contributed by atoms with Gasteiger partial charge in [0.05, 0.1) is 16.2 Å². The largest absolute Gasteiger partial charge is 0.369 e. The summed E-state index contributed by atoms with van der Waals surface area (Å²) < 4.78 is 46.9. The third-order valence-corrected chi connectivity index (χ3v) is 7.72. The predicted octanol–water partition coefficient (Wildman–Crippen LogP) is 3.57. The van der Waals surface area contributed by atoms with Crippen LogP contribution in [-0.2, 0) is 14.8 Å². The average molecular weight is 473 g/mol. The highest BCUT2D eigenvalue weighted by molar-refractivity contribution is 7.89. The minimum atomic E-state index is -3.76. The lowest BCUT2D eigenvalue weighted by atomic mass is 10.0. The molecule has 0 aliphatic carbocycles. The number of carbonyl (C=O) groups excluding carboxylic acids is 1. The van der Waals surface area contributed by atoms with E-state index in [-0.39, 0.29) is 22.5 Å². The highest BCUT2D eigenvalue weighted by Gasteiger charge is 2.30. The van der Waals surface area contributed by atoms with E-state index in [0.717, 1.165) is 5.69 Å². The summed E-state index contributed by atoms with van der Waals surface area (Å²) >= 11 is 0. The second kappa shape index (κ2) is 8.95. The molecule has 0 saturated carbocycles. The van der Waals surface area contributed by atoms with Gasteiger partial charge >= 0.3 is 0 Å². The molecule has 0 spiro atoms. The highest BCUT2D eigenvalue weighted by atomic mass is 32.2. The van der Waals surface area contributed by atoms with Gasteiger partial charge in [-0.25, -0.2) is 12.8 Å². The molecule has 1 aliphatic rings. The Bertz CT molecular complexity index is 1280. The van der Waals surface area contributed by atoms with Crippen molar-refractivity contribution in [1.29, 1.82) is 0 Å². The van der Waals surface area contributed by atoms with Crippen molar-refractivity contribution >= 4 is 27.5 Å². The second-order valence-electron chi connectivity index (χ2n) is 8.00. The Labute approximate surface area is 192 Å². The number of carbonyl (C=O) groups is 1. The fraction of sp³-hybridized carbons (Fsp3) is 0.304. The minimum absolute atomic E-state index is 0.181. The maximum atomic E-state index is 13.5. The van der Waals surface area contributed by atoms with Gasteiger partial charge in [-0.05, 0) is 55.3 Å². The van der Waals surface area contributed by atoms with Crippen molar-refractivity contribution in [2.24, 2.45) is 0 Å². The molecule has 0 atom stereocenters. The SMILES string of the molecule is CC(=O)Nc1onc(C)c1-c1ccc(C)c(S(=O)(=O)N2CCN(c3ccc(F)cc3)CC2)c1. The van der Waals surface area contributed by atoms with E-state index in [2.05, 4.69) is 10.5 Å². The van der Waals surface area contributed by atoms with Gasteiger partial charge in [0.25, 0.3) is 0 Å². The Balaban J connectivity index is 1.60. The number of sulfonamides is 1. The number of hydrogen-bond donors (Lipinski definition) is 1. The number of benzene rings is 2. The van der Waals surface area contributed by atoms with E-state index < -0.39 is 10.0 Å². The molecular weight excluding hydrogens is 447 g/mol. The lowest BCUT2D eigenvalue weighted by Gasteiger charge is -2.35. The summed E-state index contributed by atoms with van der Waals surface area (Å²) in [6.07, 6.45) is 0. The number of amides is 1. The van der Waals surface area contributed by atoms with Gasteiger partial charge in [-0.1, -0.05) is 17.3 Å². The van der Waals surface area contributed by atoms with Crippen molar-refractivity contribution in [1.82, 2.24) is 9.46 Å². The fourth-order valence-electron chi connectivity index (χ4n) is 3.97. The van der Waals surface area contributed by atoms with E-state index >= 15 is 0 Å². The Morgan fingerprint density at radius 1 is 1.06 bits per heavy atom. The Kier molecular flexibility index (Phi) is 6.22. The molecule has 1 saturated heterocycles. The maximum Gasteiger partial charge on any atom is 0.243 e. The van der Waals surface area contributed by atoms with E-state index in [0.29, 0.717) is 48.6 Å². The number of aryl methyl sites for hydroxylation is 2. The van der Waals surface area contributed by atoms with Gasteiger partial charge in [0, 0.05) is 38.8 Å². The third kappa shape index (κ3) is 4.62. The molecule has 8 nitrogen and oxygen atoms in total. The number of nitrogens with one attached hydrogen (secondary N) is 1. The molecule has 1 aliphatic heterocycles. The molecule has 1 amide bonds. The van der Waals surface area contributed by atoms with Crippen LogP contribution in [0, 0.1) is 19.7 Å². The van der Waals surface area contributed by atoms with E-state index in [9.17, 15) is 17.6 Å². The van der Waals surface area contributed by atoms with Crippen LogP contribution in [0.1, 0.15) is 18.2 Å². The lowest BCUT2D eigenvalue weighted by Crippen LogP contribution is -2.48. The van der Waals surface area contributed by atoms with Gasteiger partial charge in [-0.3, -0.25) is 10.1 Å². The zero-order valence-electron chi connectivity index (χ0n) is 18.6. The molecule has 0 unspecified atom stereocenters. The number of anilines is 2. The molecule has 174 valence electrons. The maximum absolute atomic E-state index is 13.5. The molecule has 2 aromatic carbocycles.